The lowest BCUT2D eigenvalue weighted by atomic mass is 9.63. The minimum atomic E-state index is -0.676. The van der Waals surface area contributed by atoms with Crippen molar-refractivity contribution in [2.24, 2.45) is 23.2 Å². The predicted molar refractivity (Wildman–Crippen MR) is 103 cm³/mol. The first-order valence-corrected chi connectivity index (χ1v) is 9.13. The van der Waals surface area contributed by atoms with Crippen LogP contribution in [0.2, 0.25) is 0 Å². The van der Waals surface area contributed by atoms with Crippen molar-refractivity contribution in [1.82, 2.24) is 0 Å². The highest BCUT2D eigenvalue weighted by atomic mass is 16.2. The number of amides is 2. The van der Waals surface area contributed by atoms with Gasteiger partial charge in [-0.1, -0.05) is 74.5 Å². The maximum Gasteiger partial charge on any atom is 0.238 e. The summed E-state index contributed by atoms with van der Waals surface area (Å²) in [6.45, 7) is 3.90. The van der Waals surface area contributed by atoms with Gasteiger partial charge in [0.05, 0.1) is 23.4 Å². The molecule has 0 N–H and O–H groups in total. The number of Topliss-reactive ketones (excluding diaryl/α,β-unsaturated/α-hetero) is 1. The van der Waals surface area contributed by atoms with Crippen LogP contribution in [0.3, 0.4) is 0 Å². The van der Waals surface area contributed by atoms with Gasteiger partial charge >= 0.3 is 0 Å². The molecule has 1 saturated heterocycles. The van der Waals surface area contributed by atoms with E-state index in [9.17, 15) is 14.4 Å². The molecule has 2 aromatic carbocycles. The molecule has 2 aliphatic rings. The third-order valence-corrected chi connectivity index (χ3v) is 5.65. The standard InChI is InChI=1S/C23H21NO3/c1-23(2)14-13-17(20(25)15-9-5-3-6-10-15)18-19(23)22(27)24(21(18)26)16-11-7-4-8-12-16/h3-14,17-19H,1-2H3/t17-,18-,19+/m0/s1. The molecule has 0 unspecified atom stereocenters. The number of rotatable bonds is 3. The van der Waals surface area contributed by atoms with Crippen molar-refractivity contribution in [1.29, 1.82) is 0 Å². The van der Waals surface area contributed by atoms with Crippen molar-refractivity contribution in [2.75, 3.05) is 4.90 Å². The molecule has 1 heterocycles. The van der Waals surface area contributed by atoms with Gasteiger partial charge in [0.25, 0.3) is 0 Å². The fourth-order valence-corrected chi connectivity index (χ4v) is 4.29. The number of ketones is 1. The summed E-state index contributed by atoms with van der Waals surface area (Å²) >= 11 is 0. The normalized spacial score (nSPS) is 26.1. The van der Waals surface area contributed by atoms with Crippen molar-refractivity contribution in [3.63, 3.8) is 0 Å². The Bertz CT molecular complexity index is 931. The van der Waals surface area contributed by atoms with Gasteiger partial charge in [-0.25, -0.2) is 4.90 Å². The van der Waals surface area contributed by atoms with E-state index < -0.39 is 23.2 Å². The molecule has 1 aliphatic heterocycles. The molecule has 3 atom stereocenters. The first-order chi connectivity index (χ1) is 12.9. The average molecular weight is 359 g/mol. The minimum absolute atomic E-state index is 0.117. The second kappa shape index (κ2) is 6.31. The lowest BCUT2D eigenvalue weighted by Gasteiger charge is -2.36. The Labute approximate surface area is 158 Å². The molecule has 0 bridgehead atoms. The zero-order chi connectivity index (χ0) is 19.2. The summed E-state index contributed by atoms with van der Waals surface area (Å²) in [5, 5.41) is 0. The summed E-state index contributed by atoms with van der Waals surface area (Å²) in [7, 11) is 0. The van der Waals surface area contributed by atoms with Crippen molar-refractivity contribution in [3.05, 3.63) is 78.4 Å². The van der Waals surface area contributed by atoms with Gasteiger partial charge < -0.3 is 0 Å². The minimum Gasteiger partial charge on any atom is -0.293 e. The van der Waals surface area contributed by atoms with Gasteiger partial charge in [0.2, 0.25) is 11.8 Å². The van der Waals surface area contributed by atoms with Gasteiger partial charge in [-0.3, -0.25) is 14.4 Å². The molecule has 1 aliphatic carbocycles. The molecule has 0 spiro atoms. The van der Waals surface area contributed by atoms with Crippen molar-refractivity contribution < 1.29 is 14.4 Å². The second-order valence-corrected chi connectivity index (χ2v) is 7.79. The number of hydrogen-bond acceptors (Lipinski definition) is 3. The molecule has 4 nitrogen and oxygen atoms in total. The zero-order valence-electron chi connectivity index (χ0n) is 15.3. The first-order valence-electron chi connectivity index (χ1n) is 9.13. The van der Waals surface area contributed by atoms with Crippen LogP contribution in [0.15, 0.2) is 72.8 Å². The average Bonchev–Trinajstić information content (AvgIpc) is 2.95. The van der Waals surface area contributed by atoms with Gasteiger partial charge in [0.15, 0.2) is 5.78 Å². The topological polar surface area (TPSA) is 54.5 Å². The molecule has 27 heavy (non-hydrogen) atoms. The highest BCUT2D eigenvalue weighted by Crippen LogP contribution is 2.49. The molecule has 4 heteroatoms. The monoisotopic (exact) mass is 359 g/mol. The molecule has 4 rings (SSSR count). The number of fused-ring (bicyclic) bond motifs is 1. The van der Waals surface area contributed by atoms with Crippen LogP contribution in [0.1, 0.15) is 24.2 Å². The molecule has 2 amide bonds. The Morgan fingerprint density at radius 3 is 2.11 bits per heavy atom. The molecular weight excluding hydrogens is 338 g/mol. The number of imide groups is 1. The number of anilines is 1. The van der Waals surface area contributed by atoms with Crippen LogP contribution in [-0.4, -0.2) is 17.6 Å². The molecule has 136 valence electrons. The molecule has 2 aromatic rings. The third kappa shape index (κ3) is 2.72. The Morgan fingerprint density at radius 2 is 1.48 bits per heavy atom. The first kappa shape index (κ1) is 17.4. The molecule has 1 fully saturated rings. The van der Waals surface area contributed by atoms with Crippen LogP contribution in [0.5, 0.6) is 0 Å². The Balaban J connectivity index is 1.78. The number of benzene rings is 2. The van der Waals surface area contributed by atoms with Crippen LogP contribution in [0.25, 0.3) is 0 Å². The number of para-hydroxylation sites is 1. The smallest absolute Gasteiger partial charge is 0.238 e. The van der Waals surface area contributed by atoms with Crippen molar-refractivity contribution in [3.8, 4) is 0 Å². The van der Waals surface area contributed by atoms with Gasteiger partial charge in [0, 0.05) is 5.56 Å². The summed E-state index contributed by atoms with van der Waals surface area (Å²) < 4.78 is 0. The van der Waals surface area contributed by atoms with Crippen molar-refractivity contribution >= 4 is 23.3 Å². The van der Waals surface area contributed by atoms with E-state index in [1.54, 1.807) is 48.5 Å². The number of nitrogens with zero attached hydrogens (tertiary/aromatic N) is 1. The Morgan fingerprint density at radius 1 is 0.889 bits per heavy atom. The summed E-state index contributed by atoms with van der Waals surface area (Å²) in [6, 6.07) is 17.9. The predicted octanol–water partition coefficient (Wildman–Crippen LogP) is 3.89. The van der Waals surface area contributed by atoms with Gasteiger partial charge in [-0.2, -0.15) is 0 Å². The van der Waals surface area contributed by atoms with Crippen LogP contribution >= 0.6 is 0 Å². The lowest BCUT2D eigenvalue weighted by Crippen LogP contribution is -2.41. The third-order valence-electron chi connectivity index (χ3n) is 5.65. The van der Waals surface area contributed by atoms with Crippen LogP contribution in [0.4, 0.5) is 5.69 Å². The van der Waals surface area contributed by atoms with Gasteiger partial charge in [0.1, 0.15) is 0 Å². The second-order valence-electron chi connectivity index (χ2n) is 7.79. The van der Waals surface area contributed by atoms with E-state index >= 15 is 0 Å². The van der Waals surface area contributed by atoms with E-state index in [2.05, 4.69) is 0 Å². The van der Waals surface area contributed by atoms with Gasteiger partial charge in [-0.05, 0) is 17.5 Å². The highest BCUT2D eigenvalue weighted by molar-refractivity contribution is 6.24. The quantitative estimate of drug-likeness (QED) is 0.475. The van der Waals surface area contributed by atoms with Crippen molar-refractivity contribution in [2.45, 2.75) is 13.8 Å². The fourth-order valence-electron chi connectivity index (χ4n) is 4.29. The molecule has 0 saturated carbocycles. The van der Waals surface area contributed by atoms with E-state index in [0.29, 0.717) is 11.3 Å². The largest absolute Gasteiger partial charge is 0.293 e. The Hall–Kier alpha value is -3.01. The number of carbonyl (C=O) groups excluding carboxylic acids is 3. The van der Waals surface area contributed by atoms with E-state index in [-0.39, 0.29) is 17.6 Å². The summed E-state index contributed by atoms with van der Waals surface area (Å²) in [6.07, 6.45) is 3.73. The summed E-state index contributed by atoms with van der Waals surface area (Å²) in [4.78, 5) is 40.9. The highest BCUT2D eigenvalue weighted by Gasteiger charge is 2.58. The van der Waals surface area contributed by atoms with Crippen LogP contribution < -0.4 is 4.90 Å². The van der Waals surface area contributed by atoms with E-state index in [0.717, 1.165) is 0 Å². The van der Waals surface area contributed by atoms with E-state index in [1.807, 2.05) is 38.1 Å². The molecular formula is C23H21NO3. The maximum absolute atomic E-state index is 13.3. The maximum atomic E-state index is 13.3. The molecule has 0 radical (unpaired) electrons. The zero-order valence-corrected chi connectivity index (χ0v) is 15.3. The lowest BCUT2D eigenvalue weighted by molar-refractivity contribution is -0.124. The van der Waals surface area contributed by atoms with Gasteiger partial charge in [-0.15, -0.1) is 0 Å². The van der Waals surface area contributed by atoms with Crippen LogP contribution in [-0.2, 0) is 9.59 Å². The number of carbonyl (C=O) groups is 3. The van der Waals surface area contributed by atoms with E-state index in [4.69, 9.17) is 0 Å². The fraction of sp³-hybridized carbons (Fsp3) is 0.261. The molecule has 0 aromatic heterocycles. The number of allylic oxidation sites excluding steroid dienone is 2. The van der Waals surface area contributed by atoms with Crippen LogP contribution in [0, 0.1) is 23.2 Å². The summed E-state index contributed by atoms with van der Waals surface area (Å²) in [5.74, 6) is -2.48. The van der Waals surface area contributed by atoms with E-state index in [1.165, 1.54) is 4.90 Å². The SMILES string of the molecule is CC1(C)C=C[C@H](C(=O)c2ccccc2)[C@@H]2C(=O)N(c3ccccc3)C(=O)[C@@H]21. The summed E-state index contributed by atoms with van der Waals surface area (Å²) in [5.41, 5.74) is 0.627. The Kier molecular flexibility index (Phi) is 4.06. The number of hydrogen-bond donors (Lipinski definition) is 0.